The Morgan fingerprint density at radius 2 is 1.70 bits per heavy atom. The molecule has 0 radical (unpaired) electrons. The summed E-state index contributed by atoms with van der Waals surface area (Å²) in [5.41, 5.74) is 3.23. The number of hydrogen-bond donors (Lipinski definition) is 1. The number of benzene rings is 2. The number of carboxylic acids is 1. The molecule has 0 aliphatic rings. The fourth-order valence-electron chi connectivity index (χ4n) is 3.27. The van der Waals surface area contributed by atoms with Crippen LogP contribution in [0.1, 0.15) is 16.1 Å². The Hall–Kier alpha value is -4.06. The van der Waals surface area contributed by atoms with Crippen LogP contribution in [0.5, 0.6) is 11.5 Å². The minimum absolute atomic E-state index is 0.0583. The molecule has 150 valence electrons. The Bertz CT molecular complexity index is 1140. The van der Waals surface area contributed by atoms with Gasteiger partial charge in [-0.3, -0.25) is 4.98 Å². The maximum atomic E-state index is 12.3. The van der Waals surface area contributed by atoms with E-state index in [0.29, 0.717) is 22.9 Å². The molecule has 4 aromatic rings. The van der Waals surface area contributed by atoms with E-state index in [4.69, 9.17) is 9.47 Å². The number of carbonyl (C=O) groups is 1. The molecule has 2 aromatic heterocycles. The maximum absolute atomic E-state index is 12.3. The Morgan fingerprint density at radius 3 is 2.33 bits per heavy atom. The van der Waals surface area contributed by atoms with Gasteiger partial charge in [0, 0.05) is 29.7 Å². The summed E-state index contributed by atoms with van der Waals surface area (Å²) in [4.78, 5) is 16.3. The summed E-state index contributed by atoms with van der Waals surface area (Å²) in [6.07, 6.45) is 3.34. The topological polar surface area (TPSA) is 73.6 Å². The molecule has 0 saturated carbocycles. The third-order valence-corrected chi connectivity index (χ3v) is 4.71. The van der Waals surface area contributed by atoms with E-state index < -0.39 is 5.97 Å². The first-order chi connectivity index (χ1) is 14.7. The van der Waals surface area contributed by atoms with Crippen LogP contribution in [0.4, 0.5) is 0 Å². The second kappa shape index (κ2) is 8.53. The molecule has 6 nitrogen and oxygen atoms in total. The minimum Gasteiger partial charge on any atom is -0.497 e. The molecular weight excluding hydrogens is 380 g/mol. The average Bonchev–Trinajstić information content (AvgIpc) is 3.19. The van der Waals surface area contributed by atoms with Gasteiger partial charge in [-0.15, -0.1) is 0 Å². The van der Waals surface area contributed by atoms with Crippen molar-refractivity contribution in [2.75, 3.05) is 7.11 Å². The SMILES string of the molecule is COc1ccc(-n2c(-c3ccncc3)cc(OCc3ccccc3)c2C(=O)O)cc1. The summed E-state index contributed by atoms with van der Waals surface area (Å²) < 4.78 is 12.9. The highest BCUT2D eigenvalue weighted by molar-refractivity contribution is 5.92. The highest BCUT2D eigenvalue weighted by Gasteiger charge is 2.24. The van der Waals surface area contributed by atoms with Crippen LogP contribution in [0.3, 0.4) is 0 Å². The summed E-state index contributed by atoms with van der Waals surface area (Å²) in [7, 11) is 1.59. The highest BCUT2D eigenvalue weighted by atomic mass is 16.5. The van der Waals surface area contributed by atoms with Crippen molar-refractivity contribution in [2.24, 2.45) is 0 Å². The standard InChI is InChI=1S/C24H20N2O4/c1-29-20-9-7-19(8-10-20)26-21(18-11-13-25-14-12-18)15-22(23(26)24(27)28)30-16-17-5-3-2-4-6-17/h2-15H,16H2,1H3,(H,27,28). The van der Waals surface area contributed by atoms with Crippen molar-refractivity contribution in [3.05, 3.63) is 96.4 Å². The van der Waals surface area contributed by atoms with Crippen molar-refractivity contribution in [1.29, 1.82) is 0 Å². The molecule has 0 aliphatic heterocycles. The van der Waals surface area contributed by atoms with E-state index in [9.17, 15) is 9.90 Å². The summed E-state index contributed by atoms with van der Waals surface area (Å²) in [5, 5.41) is 10.0. The van der Waals surface area contributed by atoms with E-state index in [1.807, 2.05) is 54.6 Å². The number of carboxylic acid groups (broad SMARTS) is 1. The highest BCUT2D eigenvalue weighted by Crippen LogP contribution is 2.35. The Kier molecular flexibility index (Phi) is 5.48. The quantitative estimate of drug-likeness (QED) is 0.481. The predicted molar refractivity (Wildman–Crippen MR) is 113 cm³/mol. The van der Waals surface area contributed by atoms with Gasteiger partial charge < -0.3 is 19.1 Å². The molecule has 0 atom stereocenters. The zero-order valence-corrected chi connectivity index (χ0v) is 16.4. The van der Waals surface area contributed by atoms with E-state index in [1.165, 1.54) is 0 Å². The van der Waals surface area contributed by atoms with Crippen LogP contribution in [0.25, 0.3) is 16.9 Å². The predicted octanol–water partition coefficient (Wildman–Crippen LogP) is 4.83. The van der Waals surface area contributed by atoms with Gasteiger partial charge in [-0.2, -0.15) is 0 Å². The smallest absolute Gasteiger partial charge is 0.356 e. The van der Waals surface area contributed by atoms with Gasteiger partial charge in [0.05, 0.1) is 12.8 Å². The van der Waals surface area contributed by atoms with Crippen molar-refractivity contribution >= 4 is 5.97 Å². The first kappa shape index (κ1) is 19.3. The monoisotopic (exact) mass is 400 g/mol. The number of methoxy groups -OCH3 is 1. The van der Waals surface area contributed by atoms with E-state index >= 15 is 0 Å². The molecule has 6 heteroatoms. The lowest BCUT2D eigenvalue weighted by Gasteiger charge is -2.13. The van der Waals surface area contributed by atoms with Crippen LogP contribution in [-0.2, 0) is 6.61 Å². The molecule has 0 aliphatic carbocycles. The average molecular weight is 400 g/mol. The minimum atomic E-state index is -1.07. The fourth-order valence-corrected chi connectivity index (χ4v) is 3.27. The molecule has 0 fully saturated rings. The van der Waals surface area contributed by atoms with Crippen molar-refractivity contribution in [2.45, 2.75) is 6.61 Å². The number of ether oxygens (including phenoxy) is 2. The molecule has 30 heavy (non-hydrogen) atoms. The third-order valence-electron chi connectivity index (χ3n) is 4.71. The molecular formula is C24H20N2O4. The lowest BCUT2D eigenvalue weighted by Crippen LogP contribution is -2.10. The summed E-state index contributed by atoms with van der Waals surface area (Å²) in [6, 6.07) is 22.3. The number of rotatable bonds is 7. The number of nitrogens with zero attached hydrogens (tertiary/aromatic N) is 2. The largest absolute Gasteiger partial charge is 0.497 e. The lowest BCUT2D eigenvalue weighted by molar-refractivity contribution is 0.0683. The van der Waals surface area contributed by atoms with Gasteiger partial charge in [0.15, 0.2) is 11.4 Å². The van der Waals surface area contributed by atoms with Crippen LogP contribution in [0.2, 0.25) is 0 Å². The van der Waals surface area contributed by atoms with Gasteiger partial charge >= 0.3 is 5.97 Å². The number of hydrogen-bond acceptors (Lipinski definition) is 4. The van der Waals surface area contributed by atoms with Crippen molar-refractivity contribution in [3.63, 3.8) is 0 Å². The summed E-state index contributed by atoms with van der Waals surface area (Å²) in [6.45, 7) is 0.267. The lowest BCUT2D eigenvalue weighted by atomic mass is 10.2. The molecule has 4 rings (SSSR count). The maximum Gasteiger partial charge on any atom is 0.356 e. The second-order valence-corrected chi connectivity index (χ2v) is 6.59. The van der Waals surface area contributed by atoms with Gasteiger partial charge in [-0.1, -0.05) is 30.3 Å². The number of aromatic nitrogens is 2. The molecule has 0 unspecified atom stereocenters. The van der Waals surface area contributed by atoms with Crippen LogP contribution in [0.15, 0.2) is 85.2 Å². The molecule has 0 bridgehead atoms. The van der Waals surface area contributed by atoms with Gasteiger partial charge in [0.2, 0.25) is 0 Å². The van der Waals surface area contributed by atoms with Crippen LogP contribution < -0.4 is 9.47 Å². The summed E-state index contributed by atoms with van der Waals surface area (Å²) in [5.74, 6) is -0.0861. The second-order valence-electron chi connectivity index (χ2n) is 6.59. The zero-order chi connectivity index (χ0) is 20.9. The van der Waals surface area contributed by atoms with Crippen molar-refractivity contribution in [3.8, 4) is 28.4 Å². The van der Waals surface area contributed by atoms with Crippen LogP contribution in [0, 0.1) is 0 Å². The first-order valence-corrected chi connectivity index (χ1v) is 9.38. The Morgan fingerprint density at radius 1 is 1.00 bits per heavy atom. The van der Waals surface area contributed by atoms with E-state index in [2.05, 4.69) is 4.98 Å². The molecule has 0 amide bonds. The van der Waals surface area contributed by atoms with Crippen molar-refractivity contribution < 1.29 is 19.4 Å². The number of aromatic carboxylic acids is 1. The van der Waals surface area contributed by atoms with Gasteiger partial charge in [-0.25, -0.2) is 4.79 Å². The van der Waals surface area contributed by atoms with E-state index in [0.717, 1.165) is 11.1 Å². The Labute approximate surface area is 174 Å². The van der Waals surface area contributed by atoms with Crippen LogP contribution >= 0.6 is 0 Å². The molecule has 0 spiro atoms. The molecule has 1 N–H and O–H groups in total. The van der Waals surface area contributed by atoms with E-state index in [1.54, 1.807) is 42.3 Å². The van der Waals surface area contributed by atoms with Crippen molar-refractivity contribution in [1.82, 2.24) is 9.55 Å². The third kappa shape index (κ3) is 3.89. The first-order valence-electron chi connectivity index (χ1n) is 9.38. The summed E-state index contributed by atoms with van der Waals surface area (Å²) >= 11 is 0. The van der Waals surface area contributed by atoms with Gasteiger partial charge in [0.25, 0.3) is 0 Å². The zero-order valence-electron chi connectivity index (χ0n) is 16.4. The van der Waals surface area contributed by atoms with Gasteiger partial charge in [0.1, 0.15) is 12.4 Å². The van der Waals surface area contributed by atoms with Crippen LogP contribution in [-0.4, -0.2) is 27.7 Å². The van der Waals surface area contributed by atoms with Gasteiger partial charge in [-0.05, 0) is 42.0 Å². The molecule has 2 heterocycles. The normalized spacial score (nSPS) is 10.6. The number of pyridine rings is 1. The Balaban J connectivity index is 1.84. The van der Waals surface area contributed by atoms with E-state index in [-0.39, 0.29) is 12.3 Å². The fraction of sp³-hybridized carbons (Fsp3) is 0.0833. The molecule has 2 aromatic carbocycles. The molecule has 0 saturated heterocycles.